The third-order valence-electron chi connectivity index (χ3n) is 5.71. The first-order chi connectivity index (χ1) is 11.7. The summed E-state index contributed by atoms with van der Waals surface area (Å²) >= 11 is 0. The number of guanidine groups is 1. The zero-order valence-corrected chi connectivity index (χ0v) is 18.5. The van der Waals surface area contributed by atoms with E-state index >= 15 is 0 Å². The van der Waals surface area contributed by atoms with E-state index in [1.165, 1.54) is 39.2 Å². The Hall–Kier alpha value is -0.530. The highest BCUT2D eigenvalue weighted by atomic mass is 127. The van der Waals surface area contributed by atoms with Crippen molar-refractivity contribution in [3.05, 3.63) is 0 Å². The number of halogens is 1. The maximum absolute atomic E-state index is 11.7. The first-order valence-electron chi connectivity index (χ1n) is 9.78. The average Bonchev–Trinajstić information content (AvgIpc) is 2.65. The maximum Gasteiger partial charge on any atom is 0.308 e. The fourth-order valence-corrected chi connectivity index (χ4v) is 3.96. The second-order valence-corrected chi connectivity index (χ2v) is 7.27. The molecule has 1 heterocycles. The molecule has 0 radical (unpaired) electrons. The van der Waals surface area contributed by atoms with Crippen LogP contribution in [-0.4, -0.2) is 50.1 Å². The Morgan fingerprint density at radius 2 is 1.68 bits per heavy atom. The van der Waals surface area contributed by atoms with Crippen LogP contribution >= 0.6 is 24.0 Å². The molecule has 5 nitrogen and oxygen atoms in total. The zero-order valence-electron chi connectivity index (χ0n) is 16.1. The van der Waals surface area contributed by atoms with Crippen LogP contribution in [0.3, 0.4) is 0 Å². The van der Waals surface area contributed by atoms with E-state index in [0.29, 0.717) is 0 Å². The van der Waals surface area contributed by atoms with Gasteiger partial charge in [0.25, 0.3) is 0 Å². The predicted octanol–water partition coefficient (Wildman–Crippen LogP) is 3.67. The van der Waals surface area contributed by atoms with Crippen LogP contribution in [0.25, 0.3) is 0 Å². The number of methoxy groups -OCH3 is 1. The molecule has 2 rings (SSSR count). The van der Waals surface area contributed by atoms with Gasteiger partial charge in [0.2, 0.25) is 0 Å². The lowest BCUT2D eigenvalue weighted by Crippen LogP contribution is -2.46. The summed E-state index contributed by atoms with van der Waals surface area (Å²) in [4.78, 5) is 18.9. The fourth-order valence-electron chi connectivity index (χ4n) is 3.96. The number of nitrogens with one attached hydrogen (secondary N) is 1. The van der Waals surface area contributed by atoms with Crippen molar-refractivity contribution in [3.63, 3.8) is 0 Å². The van der Waals surface area contributed by atoms with Crippen molar-refractivity contribution in [2.75, 3.05) is 33.3 Å². The van der Waals surface area contributed by atoms with Crippen molar-refractivity contribution in [2.45, 2.75) is 58.8 Å². The third kappa shape index (κ3) is 6.94. The monoisotopic (exact) mass is 465 g/mol. The number of ether oxygens (including phenoxy) is 1. The van der Waals surface area contributed by atoms with Gasteiger partial charge in [-0.1, -0.05) is 26.2 Å². The fraction of sp³-hybridized carbons (Fsp3) is 0.895. The number of rotatable bonds is 5. The summed E-state index contributed by atoms with van der Waals surface area (Å²) in [6.45, 7) is 8.02. The third-order valence-corrected chi connectivity index (χ3v) is 5.71. The minimum Gasteiger partial charge on any atom is -0.469 e. The number of piperidine rings is 1. The molecule has 0 aromatic heterocycles. The molecule has 1 saturated heterocycles. The van der Waals surface area contributed by atoms with E-state index in [4.69, 9.17) is 9.73 Å². The summed E-state index contributed by atoms with van der Waals surface area (Å²) in [6, 6.07) is 0. The summed E-state index contributed by atoms with van der Waals surface area (Å²) in [7, 11) is 1.48. The van der Waals surface area contributed by atoms with Crippen LogP contribution in [0.15, 0.2) is 4.99 Å². The number of hydrogen-bond donors (Lipinski definition) is 1. The van der Waals surface area contributed by atoms with Gasteiger partial charge in [0, 0.05) is 26.2 Å². The van der Waals surface area contributed by atoms with E-state index in [2.05, 4.69) is 24.1 Å². The largest absolute Gasteiger partial charge is 0.469 e. The summed E-state index contributed by atoms with van der Waals surface area (Å²) < 4.78 is 4.87. The molecule has 0 bridgehead atoms. The van der Waals surface area contributed by atoms with Crippen LogP contribution < -0.4 is 5.32 Å². The van der Waals surface area contributed by atoms with Crippen LogP contribution in [0, 0.1) is 17.8 Å². The average molecular weight is 465 g/mol. The molecule has 0 atom stereocenters. The van der Waals surface area contributed by atoms with E-state index in [0.717, 1.165) is 56.8 Å². The van der Waals surface area contributed by atoms with Crippen LogP contribution in [-0.2, 0) is 9.53 Å². The lowest BCUT2D eigenvalue weighted by atomic mass is 9.81. The summed E-state index contributed by atoms with van der Waals surface area (Å²) in [5, 5.41) is 3.43. The molecule has 146 valence electrons. The Kier molecular flexibility index (Phi) is 10.8. The molecule has 2 aliphatic rings. The van der Waals surface area contributed by atoms with Gasteiger partial charge in [-0.3, -0.25) is 9.79 Å². The molecule has 1 N–H and O–H groups in total. The lowest BCUT2D eigenvalue weighted by Gasteiger charge is -2.33. The number of nitrogens with zero attached hydrogens (tertiary/aromatic N) is 2. The number of hydrogen-bond acceptors (Lipinski definition) is 3. The SMILES string of the molecule is CCNC(=NCC1CCC(CC)CC1)N1CCC(C(=O)OC)CC1.I. The van der Waals surface area contributed by atoms with E-state index in [9.17, 15) is 4.79 Å². The highest BCUT2D eigenvalue weighted by molar-refractivity contribution is 14.0. The van der Waals surface area contributed by atoms with Gasteiger partial charge in [0.15, 0.2) is 5.96 Å². The number of carbonyl (C=O) groups is 1. The van der Waals surface area contributed by atoms with Crippen molar-refractivity contribution in [2.24, 2.45) is 22.7 Å². The first-order valence-corrected chi connectivity index (χ1v) is 9.78. The number of aliphatic imine (C=N–C) groups is 1. The first kappa shape index (κ1) is 22.5. The molecule has 0 aromatic carbocycles. The van der Waals surface area contributed by atoms with Gasteiger partial charge in [-0.05, 0) is 44.4 Å². The second-order valence-electron chi connectivity index (χ2n) is 7.27. The Bertz CT molecular complexity index is 415. The standard InChI is InChI=1S/C19H35N3O2.HI/c1-4-15-6-8-16(9-7-15)14-21-19(20-5-2)22-12-10-17(11-13-22)18(23)24-3;/h15-17H,4-14H2,1-3H3,(H,20,21);1H. The zero-order chi connectivity index (χ0) is 17.4. The van der Waals surface area contributed by atoms with Crippen molar-refractivity contribution < 1.29 is 9.53 Å². The van der Waals surface area contributed by atoms with Crippen LogP contribution in [0.4, 0.5) is 0 Å². The number of likely N-dealkylation sites (tertiary alicyclic amines) is 1. The highest BCUT2D eigenvalue weighted by Crippen LogP contribution is 2.30. The summed E-state index contributed by atoms with van der Waals surface area (Å²) in [5.74, 6) is 2.70. The second kappa shape index (κ2) is 12.0. The molecule has 2 fully saturated rings. The molecular weight excluding hydrogens is 429 g/mol. The quantitative estimate of drug-likeness (QED) is 0.292. The highest BCUT2D eigenvalue weighted by Gasteiger charge is 2.27. The van der Waals surface area contributed by atoms with Gasteiger partial charge in [-0.25, -0.2) is 0 Å². The predicted molar refractivity (Wildman–Crippen MR) is 113 cm³/mol. The molecule has 0 aromatic rings. The normalized spacial score (nSPS) is 25.2. The summed E-state index contributed by atoms with van der Waals surface area (Å²) in [5.41, 5.74) is 0. The molecule has 25 heavy (non-hydrogen) atoms. The van der Waals surface area contributed by atoms with Gasteiger partial charge in [-0.15, -0.1) is 24.0 Å². The smallest absolute Gasteiger partial charge is 0.308 e. The van der Waals surface area contributed by atoms with Gasteiger partial charge < -0.3 is 15.0 Å². The lowest BCUT2D eigenvalue weighted by molar-refractivity contribution is -0.146. The van der Waals surface area contributed by atoms with Gasteiger partial charge in [-0.2, -0.15) is 0 Å². The van der Waals surface area contributed by atoms with Gasteiger partial charge in [0.05, 0.1) is 13.0 Å². The topological polar surface area (TPSA) is 53.9 Å². The molecule has 0 unspecified atom stereocenters. The number of esters is 1. The van der Waals surface area contributed by atoms with Crippen molar-refractivity contribution in [1.82, 2.24) is 10.2 Å². The Morgan fingerprint density at radius 3 is 2.20 bits per heavy atom. The van der Waals surface area contributed by atoms with E-state index in [1.54, 1.807) is 0 Å². The number of carbonyl (C=O) groups excluding carboxylic acids is 1. The minimum atomic E-state index is -0.0655. The minimum absolute atomic E-state index is 0. The van der Waals surface area contributed by atoms with Crippen LogP contribution in [0.5, 0.6) is 0 Å². The molecule has 0 spiro atoms. The van der Waals surface area contributed by atoms with E-state index < -0.39 is 0 Å². The Labute approximate surface area is 170 Å². The molecule has 1 aliphatic carbocycles. The van der Waals surface area contributed by atoms with Gasteiger partial charge >= 0.3 is 5.97 Å². The maximum atomic E-state index is 11.7. The molecule has 0 amide bonds. The molecule has 1 aliphatic heterocycles. The molecule has 1 saturated carbocycles. The van der Waals surface area contributed by atoms with Crippen LogP contribution in [0.2, 0.25) is 0 Å². The van der Waals surface area contributed by atoms with Crippen molar-refractivity contribution >= 4 is 35.9 Å². The summed E-state index contributed by atoms with van der Waals surface area (Å²) in [6.07, 6.45) is 8.44. The molecular formula is C19H36IN3O2. The van der Waals surface area contributed by atoms with Crippen molar-refractivity contribution in [3.8, 4) is 0 Å². The Morgan fingerprint density at radius 1 is 1.08 bits per heavy atom. The van der Waals surface area contributed by atoms with E-state index in [1.807, 2.05) is 0 Å². The van der Waals surface area contributed by atoms with E-state index in [-0.39, 0.29) is 35.9 Å². The van der Waals surface area contributed by atoms with Gasteiger partial charge in [0.1, 0.15) is 0 Å². The Balaban J connectivity index is 0.00000312. The molecule has 6 heteroatoms. The van der Waals surface area contributed by atoms with Crippen LogP contribution in [0.1, 0.15) is 58.8 Å². The van der Waals surface area contributed by atoms with Crippen molar-refractivity contribution in [1.29, 1.82) is 0 Å².